The van der Waals surface area contributed by atoms with Crippen molar-refractivity contribution in [2.24, 2.45) is 0 Å². The van der Waals surface area contributed by atoms with Gasteiger partial charge < -0.3 is 14.6 Å². The van der Waals surface area contributed by atoms with Crippen molar-refractivity contribution in [3.63, 3.8) is 0 Å². The fraction of sp³-hybridized carbons (Fsp3) is 0.421. The van der Waals surface area contributed by atoms with E-state index in [2.05, 4.69) is 0 Å². The Labute approximate surface area is 144 Å². The molecule has 132 valence electrons. The van der Waals surface area contributed by atoms with E-state index < -0.39 is 23.5 Å². The second-order valence-corrected chi connectivity index (χ2v) is 6.90. The Morgan fingerprint density at radius 3 is 2.48 bits per heavy atom. The van der Waals surface area contributed by atoms with Crippen molar-refractivity contribution >= 4 is 5.91 Å². The van der Waals surface area contributed by atoms with E-state index in [1.165, 1.54) is 4.90 Å². The molecule has 1 fully saturated rings. The van der Waals surface area contributed by atoms with Crippen molar-refractivity contribution in [2.45, 2.75) is 43.4 Å². The lowest BCUT2D eigenvalue weighted by Gasteiger charge is -2.45. The van der Waals surface area contributed by atoms with Crippen molar-refractivity contribution in [2.75, 3.05) is 6.54 Å². The Balaban J connectivity index is 1.74. The third-order valence-corrected chi connectivity index (χ3v) is 5.45. The molecule has 1 N–H and O–H groups in total. The molecule has 0 radical (unpaired) electrons. The van der Waals surface area contributed by atoms with Gasteiger partial charge in [-0.15, -0.1) is 0 Å². The molecule has 4 rings (SSSR count). The van der Waals surface area contributed by atoms with Crippen LogP contribution in [0.3, 0.4) is 0 Å². The summed E-state index contributed by atoms with van der Waals surface area (Å²) >= 11 is 0. The molecule has 25 heavy (non-hydrogen) atoms. The molecule has 0 spiro atoms. The Hall–Kier alpha value is -2.21. The number of nitrogens with zero attached hydrogens (tertiary/aromatic N) is 2. The van der Waals surface area contributed by atoms with E-state index in [1.54, 1.807) is 0 Å². The second kappa shape index (κ2) is 5.66. The number of aliphatic hydroxyl groups is 1. The zero-order valence-electron chi connectivity index (χ0n) is 13.7. The minimum atomic E-state index is -3.77. The van der Waals surface area contributed by atoms with Gasteiger partial charge in [0.1, 0.15) is 5.60 Å². The number of carbonyl (C=O) groups excluding carboxylic acids is 1. The number of amides is 1. The first-order valence-electron chi connectivity index (χ1n) is 8.55. The minimum absolute atomic E-state index is 0.0358. The molecule has 2 heterocycles. The van der Waals surface area contributed by atoms with E-state index in [9.17, 15) is 18.7 Å². The largest absolute Gasteiger partial charge is 0.383 e. The summed E-state index contributed by atoms with van der Waals surface area (Å²) in [5.74, 6) is -5.05. The third kappa shape index (κ3) is 2.39. The summed E-state index contributed by atoms with van der Waals surface area (Å²) in [6.07, 6.45) is 2.34. The molecule has 1 atom stereocenters. The maximum atomic E-state index is 14.8. The maximum Gasteiger partial charge on any atom is 0.352 e. The average Bonchev–Trinajstić information content (AvgIpc) is 3.07. The normalized spacial score (nSPS) is 22.2. The topological polar surface area (TPSA) is 45.5 Å². The number of carbonyl (C=O) groups is 1. The van der Waals surface area contributed by atoms with Crippen molar-refractivity contribution in [3.05, 3.63) is 59.9 Å². The van der Waals surface area contributed by atoms with Crippen LogP contribution in [0.5, 0.6) is 0 Å². The molecule has 1 unspecified atom stereocenters. The van der Waals surface area contributed by atoms with Crippen LogP contribution in [0.1, 0.15) is 36.6 Å². The average molecular weight is 346 g/mol. The first-order valence-corrected chi connectivity index (χ1v) is 8.55. The molecule has 2 aromatic rings. The summed E-state index contributed by atoms with van der Waals surface area (Å²) in [7, 11) is 0. The highest BCUT2D eigenvalue weighted by Gasteiger charge is 2.63. The number of halogens is 2. The molecule has 4 nitrogen and oxygen atoms in total. The van der Waals surface area contributed by atoms with Gasteiger partial charge in [0.25, 0.3) is 5.91 Å². The van der Waals surface area contributed by atoms with Gasteiger partial charge in [0.2, 0.25) is 0 Å². The molecular weight excluding hydrogens is 326 g/mol. The molecule has 1 saturated carbocycles. The van der Waals surface area contributed by atoms with E-state index >= 15 is 0 Å². The molecule has 1 amide bonds. The van der Waals surface area contributed by atoms with E-state index in [-0.39, 0.29) is 19.4 Å². The molecular formula is C19H20F2N2O2. The highest BCUT2D eigenvalue weighted by Crippen LogP contribution is 2.46. The van der Waals surface area contributed by atoms with Crippen molar-refractivity contribution in [1.29, 1.82) is 0 Å². The summed E-state index contributed by atoms with van der Waals surface area (Å²) in [5.41, 5.74) is -0.612. The Morgan fingerprint density at radius 1 is 1.12 bits per heavy atom. The number of hydrogen-bond acceptors (Lipinski definition) is 2. The zero-order chi connectivity index (χ0) is 17.7. The number of hydrogen-bond donors (Lipinski definition) is 1. The quantitative estimate of drug-likeness (QED) is 0.929. The van der Waals surface area contributed by atoms with Gasteiger partial charge in [-0.2, -0.15) is 8.78 Å². The number of fused-ring (bicyclic) bond motifs is 1. The Morgan fingerprint density at radius 2 is 1.84 bits per heavy atom. The zero-order valence-corrected chi connectivity index (χ0v) is 13.7. The molecule has 0 bridgehead atoms. The van der Waals surface area contributed by atoms with Gasteiger partial charge in [0.05, 0.1) is 6.04 Å². The third-order valence-electron chi connectivity index (χ3n) is 5.45. The standard InChI is InChI=1S/C19H20F2N2O2/c20-19(21,18(25)9-5-10-18)17(24)23-13-12-22-11-4-8-15(22)16(23)14-6-2-1-3-7-14/h1-4,6-8,11,16,25H,5,9-10,12-13H2. The van der Waals surface area contributed by atoms with Crippen LogP contribution < -0.4 is 0 Å². The fourth-order valence-electron chi connectivity index (χ4n) is 3.79. The van der Waals surface area contributed by atoms with Crippen LogP contribution >= 0.6 is 0 Å². The minimum Gasteiger partial charge on any atom is -0.383 e. The summed E-state index contributed by atoms with van der Waals surface area (Å²) in [6, 6.07) is 12.3. The van der Waals surface area contributed by atoms with Crippen LogP contribution in [0.25, 0.3) is 0 Å². The first-order chi connectivity index (χ1) is 11.9. The number of rotatable bonds is 3. The van der Waals surface area contributed by atoms with Gasteiger partial charge in [0.15, 0.2) is 0 Å². The number of aromatic nitrogens is 1. The van der Waals surface area contributed by atoms with Gasteiger partial charge in [-0.3, -0.25) is 4.79 Å². The molecule has 1 aromatic heterocycles. The molecule has 2 aliphatic rings. The lowest BCUT2D eigenvalue weighted by molar-refractivity contribution is -0.225. The summed E-state index contributed by atoms with van der Waals surface area (Å²) in [6.45, 7) is 0.650. The maximum absolute atomic E-state index is 14.8. The highest BCUT2D eigenvalue weighted by molar-refractivity contribution is 5.86. The van der Waals surface area contributed by atoms with E-state index in [0.717, 1.165) is 11.3 Å². The molecule has 6 heteroatoms. The second-order valence-electron chi connectivity index (χ2n) is 6.90. The van der Waals surface area contributed by atoms with Gasteiger partial charge in [-0.05, 0) is 37.0 Å². The Kier molecular flexibility index (Phi) is 3.68. The van der Waals surface area contributed by atoms with Crippen molar-refractivity contribution in [3.8, 4) is 0 Å². The number of alkyl halides is 2. The van der Waals surface area contributed by atoms with Crippen LogP contribution in [0.2, 0.25) is 0 Å². The van der Waals surface area contributed by atoms with Crippen LogP contribution in [-0.2, 0) is 11.3 Å². The van der Waals surface area contributed by atoms with Gasteiger partial charge in [0, 0.05) is 25.0 Å². The lowest BCUT2D eigenvalue weighted by atomic mass is 9.74. The van der Waals surface area contributed by atoms with Crippen molar-refractivity contribution < 1.29 is 18.7 Å². The van der Waals surface area contributed by atoms with Crippen LogP contribution in [0, 0.1) is 0 Å². The van der Waals surface area contributed by atoms with E-state index in [4.69, 9.17) is 0 Å². The fourth-order valence-corrected chi connectivity index (χ4v) is 3.79. The predicted molar refractivity (Wildman–Crippen MR) is 88.2 cm³/mol. The predicted octanol–water partition coefficient (Wildman–Crippen LogP) is 2.97. The number of benzene rings is 1. The summed E-state index contributed by atoms with van der Waals surface area (Å²) in [4.78, 5) is 14.0. The Bertz CT molecular complexity index is 784. The van der Waals surface area contributed by atoms with Crippen molar-refractivity contribution in [1.82, 2.24) is 9.47 Å². The van der Waals surface area contributed by atoms with E-state index in [0.29, 0.717) is 13.0 Å². The molecule has 1 aromatic carbocycles. The monoisotopic (exact) mass is 346 g/mol. The molecule has 1 aliphatic heterocycles. The lowest BCUT2D eigenvalue weighted by Crippen LogP contribution is -2.62. The first kappa shape index (κ1) is 16.3. The van der Waals surface area contributed by atoms with Crippen LogP contribution in [0.15, 0.2) is 48.7 Å². The van der Waals surface area contributed by atoms with Gasteiger partial charge in [-0.1, -0.05) is 30.3 Å². The summed E-state index contributed by atoms with van der Waals surface area (Å²) < 4.78 is 31.5. The van der Waals surface area contributed by atoms with Crippen LogP contribution in [-0.4, -0.2) is 38.5 Å². The van der Waals surface area contributed by atoms with E-state index in [1.807, 2.05) is 53.2 Å². The smallest absolute Gasteiger partial charge is 0.352 e. The highest BCUT2D eigenvalue weighted by atomic mass is 19.3. The SMILES string of the molecule is O=C(N1CCn2cccc2C1c1ccccc1)C(F)(F)C1(O)CCC1. The van der Waals surface area contributed by atoms with Gasteiger partial charge >= 0.3 is 5.92 Å². The van der Waals surface area contributed by atoms with Crippen LogP contribution in [0.4, 0.5) is 8.78 Å². The molecule has 1 aliphatic carbocycles. The van der Waals surface area contributed by atoms with Gasteiger partial charge in [-0.25, -0.2) is 0 Å². The summed E-state index contributed by atoms with van der Waals surface area (Å²) in [5, 5.41) is 10.1. The molecule has 0 saturated heterocycles.